The van der Waals surface area contributed by atoms with Crippen LogP contribution in [0.3, 0.4) is 0 Å². The van der Waals surface area contributed by atoms with E-state index in [2.05, 4.69) is 25.3 Å². The van der Waals surface area contributed by atoms with E-state index >= 15 is 0 Å². The third-order valence-corrected chi connectivity index (χ3v) is 11.0. The zero-order valence-electron chi connectivity index (χ0n) is 33.2. The molecule has 4 aliphatic rings. The third kappa shape index (κ3) is 8.72. The summed E-state index contributed by atoms with van der Waals surface area (Å²) in [4.78, 5) is 22.1. The van der Waals surface area contributed by atoms with Crippen LogP contribution in [0.1, 0.15) is 82.8 Å². The standard InChI is InChI=1S/C44H58N2O10/c1-7-21-51-31-16-18-36-34(25-31)40-32(14-10-12-20-48)30(13-9-11-19-47)24-33-35(45-56-43(3,4)5)26-39(44(55-36,41(33)40)54-22-8-2)46(42(49)50-6)27-29-15-17-37-38(23-29)53-28-52-37/h7-8,15-18,23-25,30,32,39-41,47-48H,1-2,9-14,19-22,26-28H2,3-6H3/t30-,32+,39-,40+,41+,44+/m0/s1. The van der Waals surface area contributed by atoms with Crippen molar-refractivity contribution in [3.8, 4) is 23.0 Å². The number of amides is 1. The van der Waals surface area contributed by atoms with Crippen LogP contribution in [0.25, 0.3) is 0 Å². The Hall–Kier alpha value is -4.52. The fourth-order valence-electron chi connectivity index (χ4n) is 8.74. The van der Waals surface area contributed by atoms with Crippen LogP contribution in [-0.2, 0) is 20.9 Å². The lowest BCUT2D eigenvalue weighted by Crippen LogP contribution is -2.70. The minimum atomic E-state index is -1.43. The van der Waals surface area contributed by atoms with Crippen molar-refractivity contribution >= 4 is 11.8 Å². The van der Waals surface area contributed by atoms with E-state index < -0.39 is 29.4 Å². The molecule has 6 rings (SSSR count). The maximum Gasteiger partial charge on any atom is 0.410 e. The van der Waals surface area contributed by atoms with Gasteiger partial charge < -0.3 is 43.5 Å². The summed E-state index contributed by atoms with van der Waals surface area (Å²) in [6, 6.07) is 10.7. The van der Waals surface area contributed by atoms with Gasteiger partial charge in [0.25, 0.3) is 0 Å². The van der Waals surface area contributed by atoms with Gasteiger partial charge in [0.15, 0.2) is 11.5 Å². The van der Waals surface area contributed by atoms with Gasteiger partial charge in [0.05, 0.1) is 25.3 Å². The predicted octanol–water partition coefficient (Wildman–Crippen LogP) is 7.68. The minimum Gasteiger partial charge on any atom is -0.490 e. The molecule has 56 heavy (non-hydrogen) atoms. The number of hydrogen-bond acceptors (Lipinski definition) is 11. The van der Waals surface area contributed by atoms with E-state index in [4.69, 9.17) is 38.4 Å². The topological polar surface area (TPSA) is 138 Å². The Morgan fingerprint density at radius 1 is 0.982 bits per heavy atom. The van der Waals surface area contributed by atoms with E-state index in [0.29, 0.717) is 48.2 Å². The lowest BCUT2D eigenvalue weighted by Gasteiger charge is -2.59. The summed E-state index contributed by atoms with van der Waals surface area (Å²) in [7, 11) is 1.37. The zero-order valence-corrected chi connectivity index (χ0v) is 33.2. The molecule has 12 heteroatoms. The molecule has 0 radical (unpaired) electrons. The highest BCUT2D eigenvalue weighted by atomic mass is 16.7. The number of ether oxygens (including phenoxy) is 6. The molecule has 0 unspecified atom stereocenters. The molecule has 1 saturated carbocycles. The molecule has 2 aromatic carbocycles. The molecular weight excluding hydrogens is 716 g/mol. The van der Waals surface area contributed by atoms with Crippen molar-refractivity contribution in [1.82, 2.24) is 4.90 Å². The van der Waals surface area contributed by atoms with Crippen molar-refractivity contribution in [2.75, 3.05) is 40.3 Å². The maximum absolute atomic E-state index is 14.2. The summed E-state index contributed by atoms with van der Waals surface area (Å²) in [5, 5.41) is 24.6. The molecule has 0 spiro atoms. The molecule has 0 aromatic heterocycles. The van der Waals surface area contributed by atoms with Gasteiger partial charge in [-0.05, 0) is 99.8 Å². The third-order valence-electron chi connectivity index (χ3n) is 11.0. The van der Waals surface area contributed by atoms with Crippen LogP contribution in [0, 0.1) is 17.8 Å². The maximum atomic E-state index is 14.2. The molecule has 0 saturated heterocycles. The Kier molecular flexibility index (Phi) is 13.3. The van der Waals surface area contributed by atoms with E-state index in [9.17, 15) is 15.0 Å². The molecule has 2 aliphatic heterocycles. The summed E-state index contributed by atoms with van der Waals surface area (Å²) in [6.45, 7) is 14.7. The molecular formula is C44H58N2O10. The Bertz CT molecular complexity index is 1770. The van der Waals surface area contributed by atoms with Crippen LogP contribution in [0.15, 0.2) is 78.5 Å². The molecule has 0 bridgehead atoms. The van der Waals surface area contributed by atoms with E-state index in [-0.39, 0.29) is 57.3 Å². The quantitative estimate of drug-likeness (QED) is 0.0882. The summed E-state index contributed by atoms with van der Waals surface area (Å²) in [6.07, 6.45) is 10.1. The highest BCUT2D eigenvalue weighted by Crippen LogP contribution is 2.62. The number of aliphatic hydroxyl groups excluding tert-OH is 2. The SMILES string of the molecule is C=CCOc1ccc2c(c1)[C@H]1[C@H](CCCCO)[C@@H](CCCCO)C=C3C(=NOC(C)(C)C)C[C@H](N(Cc4ccc5c(c4)OCO5)C(=O)OC)[C@@](OCC=C)(O2)[C@H]31. The van der Waals surface area contributed by atoms with Crippen molar-refractivity contribution in [2.24, 2.45) is 22.9 Å². The Balaban J connectivity index is 1.60. The first kappa shape index (κ1) is 41.1. The van der Waals surface area contributed by atoms with Gasteiger partial charge in [-0.15, -0.1) is 6.58 Å². The second-order valence-corrected chi connectivity index (χ2v) is 15.9. The number of allylic oxidation sites excluding steroid dienone is 1. The molecule has 2 N–H and O–H groups in total. The average molecular weight is 775 g/mol. The lowest BCUT2D eigenvalue weighted by atomic mass is 9.55. The summed E-state index contributed by atoms with van der Waals surface area (Å²) in [5.41, 5.74) is 2.82. The number of benzene rings is 2. The van der Waals surface area contributed by atoms with E-state index in [1.807, 2.05) is 51.1 Å². The highest BCUT2D eigenvalue weighted by molar-refractivity contribution is 6.03. The molecule has 304 valence electrons. The summed E-state index contributed by atoms with van der Waals surface area (Å²) < 4.78 is 37.2. The molecule has 2 aliphatic carbocycles. The van der Waals surface area contributed by atoms with Crippen LogP contribution < -0.4 is 18.9 Å². The van der Waals surface area contributed by atoms with Crippen LogP contribution in [0.4, 0.5) is 4.79 Å². The van der Waals surface area contributed by atoms with E-state index in [1.165, 1.54) is 7.11 Å². The fourth-order valence-corrected chi connectivity index (χ4v) is 8.74. The van der Waals surface area contributed by atoms with Crippen molar-refractivity contribution in [3.05, 3.63) is 84.5 Å². The van der Waals surface area contributed by atoms with Crippen molar-refractivity contribution in [1.29, 1.82) is 0 Å². The van der Waals surface area contributed by atoms with Gasteiger partial charge >= 0.3 is 6.09 Å². The normalized spacial score (nSPS) is 25.3. The first-order valence-corrected chi connectivity index (χ1v) is 19.8. The summed E-state index contributed by atoms with van der Waals surface area (Å²) >= 11 is 0. The van der Waals surface area contributed by atoms with Gasteiger partial charge in [-0.2, -0.15) is 0 Å². The second kappa shape index (κ2) is 18.2. The number of fused-ring (bicyclic) bond motifs is 3. The van der Waals surface area contributed by atoms with Crippen molar-refractivity contribution < 1.29 is 48.3 Å². The number of carbonyl (C=O) groups excluding carboxylic acids is 1. The summed E-state index contributed by atoms with van der Waals surface area (Å²) in [5.74, 6) is 0.628. The molecule has 1 fully saturated rings. The largest absolute Gasteiger partial charge is 0.490 e. The van der Waals surface area contributed by atoms with Crippen LogP contribution in [0.2, 0.25) is 0 Å². The van der Waals surface area contributed by atoms with Crippen LogP contribution >= 0.6 is 0 Å². The minimum absolute atomic E-state index is 0.0713. The smallest absolute Gasteiger partial charge is 0.410 e. The average Bonchev–Trinajstić information content (AvgIpc) is 3.66. The molecule has 1 amide bonds. The number of methoxy groups -OCH3 is 1. The van der Waals surface area contributed by atoms with Crippen LogP contribution in [0.5, 0.6) is 23.0 Å². The van der Waals surface area contributed by atoms with Gasteiger partial charge in [0.2, 0.25) is 12.6 Å². The second-order valence-electron chi connectivity index (χ2n) is 15.9. The van der Waals surface area contributed by atoms with Gasteiger partial charge in [-0.25, -0.2) is 4.79 Å². The highest BCUT2D eigenvalue weighted by Gasteiger charge is 2.65. The fraction of sp³-hybridized carbons (Fsp3) is 0.545. The number of nitrogens with zero attached hydrogens (tertiary/aromatic N) is 2. The van der Waals surface area contributed by atoms with Gasteiger partial charge in [0, 0.05) is 37.7 Å². The Morgan fingerprint density at radius 2 is 1.71 bits per heavy atom. The molecule has 12 nitrogen and oxygen atoms in total. The zero-order chi connectivity index (χ0) is 39.9. The molecule has 6 atom stereocenters. The molecule has 2 heterocycles. The lowest BCUT2D eigenvalue weighted by molar-refractivity contribution is -0.256. The first-order chi connectivity index (χ1) is 27.1. The van der Waals surface area contributed by atoms with Crippen molar-refractivity contribution in [2.45, 2.75) is 95.6 Å². The predicted molar refractivity (Wildman–Crippen MR) is 212 cm³/mol. The number of oxime groups is 1. The number of unbranched alkanes of at least 4 members (excludes halogenated alkanes) is 2. The monoisotopic (exact) mass is 774 g/mol. The van der Waals surface area contributed by atoms with Gasteiger partial charge in [-0.1, -0.05) is 48.9 Å². The number of hydrogen-bond donors (Lipinski definition) is 2. The first-order valence-electron chi connectivity index (χ1n) is 19.8. The van der Waals surface area contributed by atoms with E-state index in [1.54, 1.807) is 17.1 Å². The molecule has 2 aromatic rings. The van der Waals surface area contributed by atoms with Gasteiger partial charge in [0.1, 0.15) is 29.7 Å². The number of rotatable bonds is 18. The number of carbonyl (C=O) groups is 1. The Morgan fingerprint density at radius 3 is 2.43 bits per heavy atom. The van der Waals surface area contributed by atoms with Crippen LogP contribution in [-0.4, -0.2) is 84.7 Å². The van der Waals surface area contributed by atoms with Crippen molar-refractivity contribution in [3.63, 3.8) is 0 Å². The Labute approximate surface area is 330 Å². The number of aliphatic hydroxyl groups is 2. The van der Waals surface area contributed by atoms with E-state index in [0.717, 1.165) is 42.4 Å². The van der Waals surface area contributed by atoms with Gasteiger partial charge in [-0.3, -0.25) is 4.90 Å².